The summed E-state index contributed by atoms with van der Waals surface area (Å²) in [6, 6.07) is 9.23. The van der Waals surface area contributed by atoms with Crippen LogP contribution in [0.5, 0.6) is 0 Å². The number of hydrogen-bond donors (Lipinski definition) is 0. The van der Waals surface area contributed by atoms with Gasteiger partial charge in [-0.05, 0) is 6.92 Å². The zero-order chi connectivity index (χ0) is 16.6. The quantitative estimate of drug-likeness (QED) is 0.317. The summed E-state index contributed by atoms with van der Waals surface area (Å²) in [5.41, 5.74) is 0.775. The second kappa shape index (κ2) is 15.6. The molecule has 0 aliphatic carbocycles. The maximum absolute atomic E-state index is 10.6. The number of hydrogen-bond acceptors (Lipinski definition) is 1. The van der Waals surface area contributed by atoms with Crippen molar-refractivity contribution in [3.63, 3.8) is 0 Å². The van der Waals surface area contributed by atoms with Crippen LogP contribution in [0.25, 0.3) is 0 Å². The fraction of sp³-hybridized carbons (Fsp3) is 0.650. The Kier molecular flexibility index (Phi) is 15.4. The third kappa shape index (κ3) is 12.3. The third-order valence-electron chi connectivity index (χ3n) is 4.08. The molecule has 1 aromatic carbocycles. The van der Waals surface area contributed by atoms with E-state index in [0.717, 1.165) is 5.56 Å². The van der Waals surface area contributed by atoms with Crippen LogP contribution in [0.15, 0.2) is 30.3 Å². The third-order valence-corrected chi connectivity index (χ3v) is 14.6. The van der Waals surface area contributed by atoms with Crippen molar-refractivity contribution in [3.05, 3.63) is 35.9 Å². The molecule has 0 heterocycles. The topological polar surface area (TPSA) is 17.1 Å². The number of benzene rings is 1. The molecule has 0 unspecified atom stereocenters. The Labute approximate surface area is 145 Å². The van der Waals surface area contributed by atoms with E-state index in [0.29, 0.717) is 0 Å². The molecule has 22 heavy (non-hydrogen) atoms. The molecular weight excluding hydrogens is 375 g/mol. The normalized spacial score (nSPS) is 10.2. The fourth-order valence-corrected chi connectivity index (χ4v) is 13.5. The first-order valence-electron chi connectivity index (χ1n) is 9.21. The summed E-state index contributed by atoms with van der Waals surface area (Å²) in [7, 11) is 0. The molecule has 1 nitrogen and oxygen atoms in total. The van der Waals surface area contributed by atoms with Gasteiger partial charge in [0.05, 0.1) is 0 Å². The molecule has 0 aliphatic rings. The molecule has 0 saturated heterocycles. The van der Waals surface area contributed by atoms with Gasteiger partial charge in [0.15, 0.2) is 5.78 Å². The Morgan fingerprint density at radius 3 is 1.50 bits per heavy atom. The van der Waals surface area contributed by atoms with E-state index in [9.17, 15) is 4.79 Å². The van der Waals surface area contributed by atoms with Crippen molar-refractivity contribution < 1.29 is 4.79 Å². The van der Waals surface area contributed by atoms with E-state index in [1.54, 1.807) is 20.2 Å². The molecule has 0 atom stereocenters. The monoisotopic (exact) mass is 412 g/mol. The van der Waals surface area contributed by atoms with Gasteiger partial charge in [0.25, 0.3) is 0 Å². The van der Waals surface area contributed by atoms with Crippen molar-refractivity contribution in [2.45, 2.75) is 79.5 Å². The van der Waals surface area contributed by atoms with Crippen LogP contribution >= 0.6 is 0 Å². The molecule has 0 fully saturated rings. The van der Waals surface area contributed by atoms with E-state index >= 15 is 0 Å². The van der Waals surface area contributed by atoms with Gasteiger partial charge in [0, 0.05) is 5.56 Å². The number of carbonyl (C=O) groups excluding carboxylic acids is 1. The molecule has 0 aromatic heterocycles. The molecule has 0 amide bonds. The Balaban J connectivity index is 0.000000425. The number of carbonyl (C=O) groups is 1. The SMILES string of the molecule is CC(=O)c1ccccc1.CCC[CH2][SnH]([CH2]CCC)[CH2]CCC. The van der Waals surface area contributed by atoms with Crippen molar-refractivity contribution in [2.24, 2.45) is 0 Å². The van der Waals surface area contributed by atoms with Crippen LogP contribution in [-0.2, 0) is 0 Å². The fourth-order valence-electron chi connectivity index (χ4n) is 2.58. The van der Waals surface area contributed by atoms with Crippen LogP contribution in [0.2, 0.25) is 13.3 Å². The zero-order valence-corrected chi connectivity index (χ0v) is 18.5. The second-order valence-corrected chi connectivity index (χ2v) is 16.1. The maximum atomic E-state index is 10.6. The average molecular weight is 411 g/mol. The Hall–Kier alpha value is -0.311. The van der Waals surface area contributed by atoms with Crippen molar-refractivity contribution in [2.75, 3.05) is 0 Å². The molecule has 0 aliphatic heterocycles. The summed E-state index contributed by atoms with van der Waals surface area (Å²) in [4.78, 5) is 10.6. The van der Waals surface area contributed by atoms with Gasteiger partial charge in [-0.1, -0.05) is 30.3 Å². The Morgan fingerprint density at radius 1 is 0.818 bits per heavy atom. The number of unbranched alkanes of at least 4 members (excludes halogenated alkanes) is 3. The van der Waals surface area contributed by atoms with Gasteiger partial charge in [0.2, 0.25) is 0 Å². The predicted octanol–water partition coefficient (Wildman–Crippen LogP) is 6.50. The molecule has 126 valence electrons. The van der Waals surface area contributed by atoms with E-state index in [-0.39, 0.29) is 5.78 Å². The molecule has 0 spiro atoms. The number of Topliss-reactive ketones (excluding diaryl/α,β-unsaturated/α-hetero) is 1. The van der Waals surface area contributed by atoms with Crippen LogP contribution in [0.3, 0.4) is 0 Å². The second-order valence-electron chi connectivity index (χ2n) is 6.21. The molecule has 0 bridgehead atoms. The molecule has 1 rings (SSSR count). The van der Waals surface area contributed by atoms with Gasteiger partial charge in [-0.25, -0.2) is 0 Å². The van der Waals surface area contributed by atoms with Gasteiger partial charge in [-0.15, -0.1) is 0 Å². The molecular formula is C20H36OSn. The Bertz CT molecular complexity index is 342. The molecule has 0 N–H and O–H groups in total. The van der Waals surface area contributed by atoms with E-state index in [4.69, 9.17) is 0 Å². The predicted molar refractivity (Wildman–Crippen MR) is 103 cm³/mol. The van der Waals surface area contributed by atoms with Crippen molar-refractivity contribution in [1.29, 1.82) is 0 Å². The summed E-state index contributed by atoms with van der Waals surface area (Å²) >= 11 is -0.967. The Morgan fingerprint density at radius 2 is 1.23 bits per heavy atom. The van der Waals surface area contributed by atoms with Gasteiger partial charge in [-0.3, -0.25) is 4.79 Å². The van der Waals surface area contributed by atoms with Crippen LogP contribution in [-0.4, -0.2) is 25.5 Å². The van der Waals surface area contributed by atoms with Crippen LogP contribution in [0.1, 0.15) is 76.6 Å². The minimum atomic E-state index is -0.967. The molecule has 2 heteroatoms. The first-order valence-corrected chi connectivity index (χ1v) is 16.2. The molecule has 1 aromatic rings. The van der Waals surface area contributed by atoms with Crippen LogP contribution in [0.4, 0.5) is 0 Å². The number of rotatable bonds is 10. The standard InChI is InChI=1S/C8H8O.3C4H9.Sn.H/c1-7(9)8-5-3-2-4-6-8;3*1-3-4-2;;/h2-6H,1H3;3*1,3-4H2,2H3;;. The van der Waals surface area contributed by atoms with E-state index in [1.165, 1.54) is 38.5 Å². The van der Waals surface area contributed by atoms with E-state index in [1.807, 2.05) is 30.3 Å². The first-order chi connectivity index (χ1) is 10.7. The molecule has 0 radical (unpaired) electrons. The summed E-state index contributed by atoms with van der Waals surface area (Å²) in [6.45, 7) is 8.57. The van der Waals surface area contributed by atoms with Gasteiger partial charge in [-0.2, -0.15) is 0 Å². The molecule has 0 saturated carbocycles. The summed E-state index contributed by atoms with van der Waals surface area (Å²) in [5, 5.41) is 0. The van der Waals surface area contributed by atoms with Crippen molar-refractivity contribution in [1.82, 2.24) is 0 Å². The number of ketones is 1. The average Bonchev–Trinajstić information content (AvgIpc) is 2.55. The zero-order valence-electron chi connectivity index (χ0n) is 15.2. The van der Waals surface area contributed by atoms with Gasteiger partial charge >= 0.3 is 92.4 Å². The minimum absolute atomic E-state index is 0.121. The van der Waals surface area contributed by atoms with E-state index < -0.39 is 19.8 Å². The van der Waals surface area contributed by atoms with Crippen LogP contribution < -0.4 is 0 Å². The summed E-state index contributed by atoms with van der Waals surface area (Å²) in [6.07, 6.45) is 8.87. The van der Waals surface area contributed by atoms with Gasteiger partial charge < -0.3 is 0 Å². The first kappa shape index (κ1) is 21.7. The van der Waals surface area contributed by atoms with Crippen molar-refractivity contribution >= 4 is 25.5 Å². The van der Waals surface area contributed by atoms with Crippen LogP contribution in [0, 0.1) is 0 Å². The van der Waals surface area contributed by atoms with E-state index in [2.05, 4.69) is 20.8 Å². The summed E-state index contributed by atoms with van der Waals surface area (Å²) < 4.78 is 5.08. The van der Waals surface area contributed by atoms with Gasteiger partial charge in [0.1, 0.15) is 0 Å². The van der Waals surface area contributed by atoms with Crippen molar-refractivity contribution in [3.8, 4) is 0 Å². The summed E-state index contributed by atoms with van der Waals surface area (Å²) in [5.74, 6) is 0.121.